The number of ketones is 1. The molecule has 0 unspecified atom stereocenters. The Morgan fingerprint density at radius 3 is 2.28 bits per heavy atom. The van der Waals surface area contributed by atoms with Crippen LogP contribution in [0.3, 0.4) is 0 Å². The van der Waals surface area contributed by atoms with Gasteiger partial charge in [-0.1, -0.05) is 56.2 Å². The Morgan fingerprint density at radius 1 is 0.833 bits per heavy atom. The van der Waals surface area contributed by atoms with Crippen LogP contribution in [-0.2, 0) is 24.1 Å². The maximum atomic E-state index is 12.1. The van der Waals surface area contributed by atoms with Gasteiger partial charge in [0.05, 0.1) is 6.61 Å². The van der Waals surface area contributed by atoms with Crippen LogP contribution >= 0.6 is 0 Å². The summed E-state index contributed by atoms with van der Waals surface area (Å²) in [5.41, 5.74) is 3.74. The van der Waals surface area contributed by atoms with Gasteiger partial charge in [0.1, 0.15) is 11.5 Å². The van der Waals surface area contributed by atoms with Crippen molar-refractivity contribution in [1.82, 2.24) is 0 Å². The van der Waals surface area contributed by atoms with Crippen molar-refractivity contribution in [2.24, 2.45) is 0 Å². The number of phenolic OH excluding ortho intramolecular Hbond substituents is 3. The minimum atomic E-state index is 0.0691. The van der Waals surface area contributed by atoms with Crippen molar-refractivity contribution in [1.29, 1.82) is 0 Å². The second-order valence-corrected chi connectivity index (χ2v) is 9.07. The predicted molar refractivity (Wildman–Crippen MR) is 143 cm³/mol. The molecule has 190 valence electrons. The van der Waals surface area contributed by atoms with E-state index >= 15 is 0 Å². The molecule has 0 fully saturated rings. The van der Waals surface area contributed by atoms with Gasteiger partial charge in [-0.2, -0.15) is 0 Å². The zero-order valence-corrected chi connectivity index (χ0v) is 21.0. The first kappa shape index (κ1) is 26.9. The molecule has 36 heavy (non-hydrogen) atoms. The van der Waals surface area contributed by atoms with Crippen molar-refractivity contribution in [3.63, 3.8) is 0 Å². The van der Waals surface area contributed by atoms with Crippen LogP contribution < -0.4 is 4.74 Å². The summed E-state index contributed by atoms with van der Waals surface area (Å²) in [6, 6.07) is 17.6. The lowest BCUT2D eigenvalue weighted by atomic mass is 10.0. The van der Waals surface area contributed by atoms with Crippen LogP contribution in [0.5, 0.6) is 23.0 Å². The van der Waals surface area contributed by atoms with E-state index in [0.29, 0.717) is 38.0 Å². The highest BCUT2D eigenvalue weighted by atomic mass is 16.5. The van der Waals surface area contributed by atoms with E-state index in [9.17, 15) is 20.1 Å². The third kappa shape index (κ3) is 8.81. The van der Waals surface area contributed by atoms with Gasteiger partial charge in [-0.25, -0.2) is 0 Å². The van der Waals surface area contributed by atoms with Crippen LogP contribution in [0.2, 0.25) is 0 Å². The van der Waals surface area contributed by atoms with E-state index in [1.165, 1.54) is 12.8 Å². The number of carbonyl (C=O) groups is 1. The monoisotopic (exact) mass is 488 g/mol. The Balaban J connectivity index is 1.51. The number of benzene rings is 3. The molecular weight excluding hydrogens is 452 g/mol. The van der Waals surface area contributed by atoms with Gasteiger partial charge in [-0.15, -0.1) is 0 Å². The third-order valence-corrected chi connectivity index (χ3v) is 6.09. The van der Waals surface area contributed by atoms with Crippen molar-refractivity contribution >= 4 is 5.78 Å². The van der Waals surface area contributed by atoms with E-state index in [1.807, 2.05) is 36.4 Å². The molecule has 3 rings (SSSR count). The molecule has 0 aliphatic heterocycles. The standard InChI is InChI=1S/C31H36O5/c1-2-3-4-5-6-7-27(32)13-10-24-12-17-30(35)31(22-24)36-19-18-25-11-16-29(34)26(21-25)20-23-8-14-28(33)15-9-23/h6-9,11-12,14-17,21-22,33-35H,2-5,10,13,18-20H2,1H3. The minimum Gasteiger partial charge on any atom is -0.508 e. The molecule has 0 heterocycles. The molecule has 0 saturated heterocycles. The Bertz CT molecular complexity index is 1150. The molecule has 0 atom stereocenters. The van der Waals surface area contributed by atoms with Crippen LogP contribution in [0.1, 0.15) is 61.3 Å². The van der Waals surface area contributed by atoms with Crippen molar-refractivity contribution in [3.05, 3.63) is 95.1 Å². The van der Waals surface area contributed by atoms with Gasteiger partial charge < -0.3 is 20.1 Å². The van der Waals surface area contributed by atoms with Crippen molar-refractivity contribution in [3.8, 4) is 23.0 Å². The summed E-state index contributed by atoms with van der Waals surface area (Å²) in [4.78, 5) is 12.1. The molecular formula is C31H36O5. The van der Waals surface area contributed by atoms with Crippen LogP contribution in [-0.4, -0.2) is 27.7 Å². The zero-order valence-electron chi connectivity index (χ0n) is 21.0. The molecule has 0 saturated carbocycles. The summed E-state index contributed by atoms with van der Waals surface area (Å²) in [6.07, 6.45) is 10.2. The number of carbonyl (C=O) groups excluding carboxylic acids is 1. The first-order valence-corrected chi connectivity index (χ1v) is 12.7. The Labute approximate surface area is 213 Å². The number of hydrogen-bond acceptors (Lipinski definition) is 5. The summed E-state index contributed by atoms with van der Waals surface area (Å²) < 4.78 is 5.85. The van der Waals surface area contributed by atoms with Gasteiger partial charge >= 0.3 is 0 Å². The van der Waals surface area contributed by atoms with E-state index in [1.54, 1.807) is 36.4 Å². The first-order chi connectivity index (χ1) is 17.4. The number of aromatic hydroxyl groups is 3. The second kappa shape index (κ2) is 14.0. The molecule has 3 aromatic rings. The topological polar surface area (TPSA) is 87.0 Å². The van der Waals surface area contributed by atoms with E-state index < -0.39 is 0 Å². The van der Waals surface area contributed by atoms with Crippen molar-refractivity contribution < 1.29 is 24.9 Å². The fourth-order valence-corrected chi connectivity index (χ4v) is 3.96. The Kier molecular flexibility index (Phi) is 10.4. The normalized spacial score (nSPS) is 11.1. The molecule has 5 nitrogen and oxygen atoms in total. The second-order valence-electron chi connectivity index (χ2n) is 9.07. The van der Waals surface area contributed by atoms with E-state index in [4.69, 9.17) is 4.74 Å². The zero-order chi connectivity index (χ0) is 25.8. The lowest BCUT2D eigenvalue weighted by Gasteiger charge is -2.11. The summed E-state index contributed by atoms with van der Waals surface area (Å²) in [7, 11) is 0. The van der Waals surface area contributed by atoms with E-state index in [-0.39, 0.29) is 23.0 Å². The number of allylic oxidation sites excluding steroid dienone is 2. The summed E-state index contributed by atoms with van der Waals surface area (Å²) in [6.45, 7) is 2.52. The lowest BCUT2D eigenvalue weighted by molar-refractivity contribution is -0.114. The van der Waals surface area contributed by atoms with Gasteiger partial charge in [0.25, 0.3) is 0 Å². The Hall–Kier alpha value is -3.73. The first-order valence-electron chi connectivity index (χ1n) is 12.7. The van der Waals surface area contributed by atoms with Crippen LogP contribution in [0, 0.1) is 0 Å². The fraction of sp³-hybridized carbons (Fsp3) is 0.323. The van der Waals surface area contributed by atoms with E-state index in [2.05, 4.69) is 6.92 Å². The number of aryl methyl sites for hydroxylation is 1. The van der Waals surface area contributed by atoms with Gasteiger partial charge in [0, 0.05) is 19.3 Å². The molecule has 0 aromatic heterocycles. The average Bonchev–Trinajstić information content (AvgIpc) is 2.87. The third-order valence-electron chi connectivity index (χ3n) is 6.09. The molecule has 0 amide bonds. The van der Waals surface area contributed by atoms with Crippen LogP contribution in [0.25, 0.3) is 0 Å². The predicted octanol–water partition coefficient (Wildman–Crippen LogP) is 6.65. The number of rotatable bonds is 14. The average molecular weight is 489 g/mol. The molecule has 5 heteroatoms. The molecule has 0 bridgehead atoms. The highest BCUT2D eigenvalue weighted by Crippen LogP contribution is 2.28. The molecule has 3 aromatic carbocycles. The van der Waals surface area contributed by atoms with Gasteiger partial charge in [-0.05, 0) is 77.9 Å². The Morgan fingerprint density at radius 2 is 1.53 bits per heavy atom. The smallest absolute Gasteiger partial charge is 0.161 e. The highest BCUT2D eigenvalue weighted by Gasteiger charge is 2.08. The number of unbranched alkanes of at least 4 members (excludes halogenated alkanes) is 3. The number of ether oxygens (including phenoxy) is 1. The SMILES string of the molecule is CCCCCC=CC(=O)CCc1ccc(O)c(OCCc2ccc(O)c(Cc3ccc(O)cc3)c2)c1. The number of hydrogen-bond donors (Lipinski definition) is 3. The van der Waals surface area contributed by atoms with Gasteiger partial charge in [-0.3, -0.25) is 4.79 Å². The van der Waals surface area contributed by atoms with Crippen molar-refractivity contribution in [2.75, 3.05) is 6.61 Å². The quantitative estimate of drug-likeness (QED) is 0.175. The van der Waals surface area contributed by atoms with Crippen LogP contribution in [0.15, 0.2) is 72.8 Å². The van der Waals surface area contributed by atoms with Crippen molar-refractivity contribution in [2.45, 2.75) is 58.3 Å². The summed E-state index contributed by atoms with van der Waals surface area (Å²) in [5, 5.41) is 29.9. The maximum absolute atomic E-state index is 12.1. The molecule has 0 spiro atoms. The summed E-state index contributed by atoms with van der Waals surface area (Å²) >= 11 is 0. The molecule has 0 aliphatic rings. The van der Waals surface area contributed by atoms with Gasteiger partial charge in [0.2, 0.25) is 0 Å². The molecule has 3 N–H and O–H groups in total. The van der Waals surface area contributed by atoms with Gasteiger partial charge in [0.15, 0.2) is 17.3 Å². The van der Waals surface area contributed by atoms with Crippen LogP contribution in [0.4, 0.5) is 0 Å². The minimum absolute atomic E-state index is 0.0691. The highest BCUT2D eigenvalue weighted by molar-refractivity contribution is 5.89. The number of phenols is 3. The van der Waals surface area contributed by atoms with E-state index in [0.717, 1.165) is 35.1 Å². The largest absolute Gasteiger partial charge is 0.508 e. The summed E-state index contributed by atoms with van der Waals surface area (Å²) in [5.74, 6) is 1.01. The molecule has 0 radical (unpaired) electrons. The fourth-order valence-electron chi connectivity index (χ4n) is 3.96. The maximum Gasteiger partial charge on any atom is 0.161 e. The molecule has 0 aliphatic carbocycles. The lowest BCUT2D eigenvalue weighted by Crippen LogP contribution is -2.03.